The zero-order valence-corrected chi connectivity index (χ0v) is 15.6. The predicted molar refractivity (Wildman–Crippen MR) is 102 cm³/mol. The molecule has 0 aliphatic carbocycles. The Morgan fingerprint density at radius 3 is 2.75 bits per heavy atom. The number of likely N-dealkylation sites (tertiary alicyclic amines) is 1. The summed E-state index contributed by atoms with van der Waals surface area (Å²) in [5.74, 6) is 1.24. The van der Waals surface area contributed by atoms with E-state index in [2.05, 4.69) is 15.2 Å². The summed E-state index contributed by atoms with van der Waals surface area (Å²) in [5.41, 5.74) is 2.54. The van der Waals surface area contributed by atoms with Crippen molar-refractivity contribution in [3.63, 3.8) is 0 Å². The molecule has 2 saturated heterocycles. The molecule has 3 aromatic rings. The quantitative estimate of drug-likeness (QED) is 0.694. The fourth-order valence-corrected chi connectivity index (χ4v) is 4.06. The van der Waals surface area contributed by atoms with Crippen molar-refractivity contribution in [2.24, 2.45) is 0 Å². The zero-order valence-electron chi connectivity index (χ0n) is 15.6. The van der Waals surface area contributed by atoms with Crippen LogP contribution in [0, 0.1) is 0 Å². The molecular weight excluding hydrogens is 356 g/mol. The summed E-state index contributed by atoms with van der Waals surface area (Å²) < 4.78 is 7.38. The van der Waals surface area contributed by atoms with Crippen LogP contribution in [0.25, 0.3) is 16.9 Å². The molecule has 5 rings (SSSR count). The van der Waals surface area contributed by atoms with Gasteiger partial charge in [0.2, 0.25) is 0 Å². The van der Waals surface area contributed by atoms with Crippen LogP contribution >= 0.6 is 0 Å². The van der Waals surface area contributed by atoms with Gasteiger partial charge in [-0.3, -0.25) is 9.78 Å². The van der Waals surface area contributed by atoms with Gasteiger partial charge in [-0.2, -0.15) is 9.61 Å². The highest BCUT2D eigenvalue weighted by atomic mass is 16.5. The Kier molecular flexibility index (Phi) is 4.48. The van der Waals surface area contributed by atoms with Crippen molar-refractivity contribution >= 4 is 11.6 Å². The molecule has 5 heterocycles. The number of carbonyl (C=O) groups excluding carboxylic acids is 1. The smallest absolute Gasteiger partial charge is 0.251 e. The van der Waals surface area contributed by atoms with E-state index in [-0.39, 0.29) is 17.9 Å². The van der Waals surface area contributed by atoms with Crippen LogP contribution in [0.4, 0.5) is 0 Å². The summed E-state index contributed by atoms with van der Waals surface area (Å²) >= 11 is 0. The molecular formula is C20H22N6O2. The highest BCUT2D eigenvalue weighted by Crippen LogP contribution is 2.28. The molecule has 0 radical (unpaired) electrons. The summed E-state index contributed by atoms with van der Waals surface area (Å²) in [6.07, 6.45) is 6.84. The SMILES string of the molecule is O=C(C1CCCO1)N1CCC(c2nnc3ccc(-c4cccnc4)nn23)CC1. The lowest BCUT2D eigenvalue weighted by atomic mass is 9.95. The number of carbonyl (C=O) groups is 1. The summed E-state index contributed by atoms with van der Waals surface area (Å²) in [6.45, 7) is 2.14. The maximum Gasteiger partial charge on any atom is 0.251 e. The van der Waals surface area contributed by atoms with E-state index in [0.29, 0.717) is 6.61 Å². The van der Waals surface area contributed by atoms with Crippen molar-refractivity contribution in [3.8, 4) is 11.3 Å². The van der Waals surface area contributed by atoms with Gasteiger partial charge in [-0.05, 0) is 49.9 Å². The minimum atomic E-state index is -0.242. The molecule has 2 aliphatic rings. The number of nitrogens with zero attached hydrogens (tertiary/aromatic N) is 6. The van der Waals surface area contributed by atoms with Gasteiger partial charge in [-0.25, -0.2) is 0 Å². The molecule has 8 heteroatoms. The van der Waals surface area contributed by atoms with E-state index < -0.39 is 0 Å². The number of fused-ring (bicyclic) bond motifs is 1. The lowest BCUT2D eigenvalue weighted by Crippen LogP contribution is -2.43. The van der Waals surface area contributed by atoms with Crippen LogP contribution in [0.15, 0.2) is 36.7 Å². The predicted octanol–water partition coefficient (Wildman–Crippen LogP) is 2.07. The van der Waals surface area contributed by atoms with Crippen LogP contribution in [0.3, 0.4) is 0 Å². The minimum absolute atomic E-state index is 0.138. The van der Waals surface area contributed by atoms with E-state index in [1.54, 1.807) is 12.4 Å². The fraction of sp³-hybridized carbons (Fsp3) is 0.450. The summed E-state index contributed by atoms with van der Waals surface area (Å²) in [6, 6.07) is 7.76. The van der Waals surface area contributed by atoms with Crippen molar-refractivity contribution < 1.29 is 9.53 Å². The van der Waals surface area contributed by atoms with E-state index in [4.69, 9.17) is 9.84 Å². The van der Waals surface area contributed by atoms with Gasteiger partial charge in [0.15, 0.2) is 11.5 Å². The van der Waals surface area contributed by atoms with Gasteiger partial charge >= 0.3 is 0 Å². The van der Waals surface area contributed by atoms with E-state index in [1.165, 1.54) is 0 Å². The second kappa shape index (κ2) is 7.27. The maximum absolute atomic E-state index is 12.6. The zero-order chi connectivity index (χ0) is 18.9. The average Bonchev–Trinajstić information content (AvgIpc) is 3.44. The third-order valence-electron chi connectivity index (χ3n) is 5.62. The van der Waals surface area contributed by atoms with Crippen molar-refractivity contribution in [3.05, 3.63) is 42.5 Å². The molecule has 0 N–H and O–H groups in total. The number of hydrogen-bond acceptors (Lipinski definition) is 6. The lowest BCUT2D eigenvalue weighted by Gasteiger charge is -2.32. The van der Waals surface area contributed by atoms with Gasteiger partial charge in [0.25, 0.3) is 5.91 Å². The topological polar surface area (TPSA) is 85.5 Å². The Labute approximate surface area is 162 Å². The number of aromatic nitrogens is 5. The van der Waals surface area contributed by atoms with Gasteiger partial charge in [0.05, 0.1) is 5.69 Å². The first-order chi connectivity index (χ1) is 13.8. The number of amides is 1. The summed E-state index contributed by atoms with van der Waals surface area (Å²) in [4.78, 5) is 18.7. The first-order valence-electron chi connectivity index (χ1n) is 9.83. The molecule has 2 fully saturated rings. The number of hydrogen-bond donors (Lipinski definition) is 0. The van der Waals surface area contributed by atoms with E-state index in [9.17, 15) is 4.79 Å². The Morgan fingerprint density at radius 2 is 2.00 bits per heavy atom. The molecule has 28 heavy (non-hydrogen) atoms. The van der Waals surface area contributed by atoms with Crippen molar-refractivity contribution in [2.45, 2.75) is 37.7 Å². The lowest BCUT2D eigenvalue weighted by molar-refractivity contribution is -0.142. The number of piperidine rings is 1. The first-order valence-corrected chi connectivity index (χ1v) is 9.83. The molecule has 8 nitrogen and oxygen atoms in total. The third kappa shape index (κ3) is 3.13. The van der Waals surface area contributed by atoms with Gasteiger partial charge < -0.3 is 9.64 Å². The average molecular weight is 378 g/mol. The normalized spacial score (nSPS) is 20.7. The van der Waals surface area contributed by atoms with Gasteiger partial charge in [-0.1, -0.05) is 0 Å². The largest absolute Gasteiger partial charge is 0.368 e. The molecule has 0 aromatic carbocycles. The number of rotatable bonds is 3. The van der Waals surface area contributed by atoms with Gasteiger partial charge in [0.1, 0.15) is 6.10 Å². The maximum atomic E-state index is 12.6. The van der Waals surface area contributed by atoms with Gasteiger partial charge in [-0.15, -0.1) is 10.2 Å². The summed E-state index contributed by atoms with van der Waals surface area (Å²) in [7, 11) is 0. The molecule has 0 bridgehead atoms. The van der Waals surface area contributed by atoms with Gasteiger partial charge in [0, 0.05) is 43.6 Å². The van der Waals surface area contributed by atoms with Crippen molar-refractivity contribution in [1.29, 1.82) is 0 Å². The second-order valence-electron chi connectivity index (χ2n) is 7.39. The van der Waals surface area contributed by atoms with E-state index in [0.717, 1.165) is 61.5 Å². The molecule has 1 atom stereocenters. The van der Waals surface area contributed by atoms with Crippen molar-refractivity contribution in [1.82, 2.24) is 29.7 Å². The van der Waals surface area contributed by atoms with Crippen LogP contribution in [-0.2, 0) is 9.53 Å². The van der Waals surface area contributed by atoms with E-state index >= 15 is 0 Å². The monoisotopic (exact) mass is 378 g/mol. The van der Waals surface area contributed by atoms with Crippen LogP contribution in [0.1, 0.15) is 37.4 Å². The molecule has 144 valence electrons. The molecule has 1 amide bonds. The standard InChI is InChI=1S/C20H22N6O2/c27-20(17-4-2-12-28-17)25-10-7-14(8-11-25)19-23-22-18-6-5-16(24-26(18)19)15-3-1-9-21-13-15/h1,3,5-6,9,13-14,17H,2,4,7-8,10-12H2. The number of ether oxygens (including phenoxy) is 1. The fourth-order valence-electron chi connectivity index (χ4n) is 4.06. The Morgan fingerprint density at radius 1 is 1.11 bits per heavy atom. The van der Waals surface area contributed by atoms with Crippen LogP contribution in [0.5, 0.6) is 0 Å². The molecule has 1 unspecified atom stereocenters. The molecule has 3 aromatic heterocycles. The Balaban J connectivity index is 1.35. The first kappa shape index (κ1) is 17.2. The molecule has 0 spiro atoms. The minimum Gasteiger partial charge on any atom is -0.368 e. The number of pyridine rings is 1. The Bertz CT molecular complexity index is 975. The van der Waals surface area contributed by atoms with Crippen LogP contribution in [-0.4, -0.2) is 61.4 Å². The van der Waals surface area contributed by atoms with E-state index in [1.807, 2.05) is 33.7 Å². The van der Waals surface area contributed by atoms with Crippen molar-refractivity contribution in [2.75, 3.05) is 19.7 Å². The summed E-state index contributed by atoms with van der Waals surface area (Å²) in [5, 5.41) is 13.4. The molecule has 2 aliphatic heterocycles. The second-order valence-corrected chi connectivity index (χ2v) is 7.39. The van der Waals surface area contributed by atoms with Crippen LogP contribution < -0.4 is 0 Å². The molecule has 0 saturated carbocycles. The third-order valence-corrected chi connectivity index (χ3v) is 5.62. The highest BCUT2D eigenvalue weighted by molar-refractivity contribution is 5.81. The Hall–Kier alpha value is -2.87. The highest BCUT2D eigenvalue weighted by Gasteiger charge is 2.32. The van der Waals surface area contributed by atoms with Crippen LogP contribution in [0.2, 0.25) is 0 Å².